The number of carbonyl (C=O) groups excluding carboxylic acids is 1. The maximum Gasteiger partial charge on any atom is 0.248 e. The molecule has 4 N–H and O–H groups in total. The number of nitrogen functional groups attached to an aromatic ring is 1. The molecule has 0 saturated carbocycles. The largest absolute Gasteiger partial charge is 0.398 e. The van der Waals surface area contributed by atoms with Crippen LogP contribution in [0.3, 0.4) is 0 Å². The smallest absolute Gasteiger partial charge is 0.248 e. The number of anilines is 1. The van der Waals surface area contributed by atoms with E-state index in [1.54, 1.807) is 25.3 Å². The van der Waals surface area contributed by atoms with E-state index in [9.17, 15) is 4.79 Å². The van der Waals surface area contributed by atoms with Gasteiger partial charge < -0.3 is 25.7 Å². The Balaban J connectivity index is 2.28. The number of benzene rings is 1. The Bertz CT molecular complexity index is 410. The molecule has 1 rings (SSSR count). The van der Waals surface area contributed by atoms with Crippen LogP contribution in [0.25, 0.3) is 0 Å². The van der Waals surface area contributed by atoms with Gasteiger partial charge in [-0.15, -0.1) is 0 Å². The monoisotopic (exact) mass is 268 g/mol. The lowest BCUT2D eigenvalue weighted by molar-refractivity contribution is 0.0201. The molecule has 6 nitrogen and oxygen atoms in total. The molecule has 0 fully saturated rings. The summed E-state index contributed by atoms with van der Waals surface area (Å²) in [6.45, 7) is 2.47. The van der Waals surface area contributed by atoms with Gasteiger partial charge >= 0.3 is 0 Å². The predicted octanol–water partition coefficient (Wildman–Crippen LogP) is 0.547. The summed E-state index contributed by atoms with van der Waals surface area (Å²) in [6.07, 6.45) is 0. The van der Waals surface area contributed by atoms with Crippen molar-refractivity contribution >= 4 is 11.6 Å². The molecular formula is C13H20N2O4. The molecule has 0 heterocycles. The lowest BCUT2D eigenvalue weighted by Gasteiger charge is -2.08. The van der Waals surface area contributed by atoms with Crippen LogP contribution < -0.4 is 11.5 Å². The maximum atomic E-state index is 11.0. The first-order chi connectivity index (χ1) is 9.15. The van der Waals surface area contributed by atoms with E-state index in [2.05, 4.69) is 0 Å². The van der Waals surface area contributed by atoms with Crippen molar-refractivity contribution in [1.82, 2.24) is 0 Å². The van der Waals surface area contributed by atoms with Gasteiger partial charge in [-0.3, -0.25) is 4.79 Å². The molecule has 106 valence electrons. The van der Waals surface area contributed by atoms with Gasteiger partial charge in [-0.2, -0.15) is 0 Å². The first kappa shape index (κ1) is 15.4. The van der Waals surface area contributed by atoms with Crippen molar-refractivity contribution < 1.29 is 19.0 Å². The van der Waals surface area contributed by atoms with Crippen LogP contribution in [0.15, 0.2) is 18.2 Å². The average molecular weight is 268 g/mol. The van der Waals surface area contributed by atoms with E-state index in [0.717, 1.165) is 5.56 Å². The minimum Gasteiger partial charge on any atom is -0.398 e. The summed E-state index contributed by atoms with van der Waals surface area (Å²) in [5.41, 5.74) is 12.7. The molecule has 0 aliphatic carbocycles. The standard InChI is InChI=1S/C13H20N2O4/c1-17-4-5-18-6-7-19-9-11-3-2-10(13(15)16)8-12(11)14/h2-3,8H,4-7,9,14H2,1H3,(H2,15,16). The highest BCUT2D eigenvalue weighted by molar-refractivity contribution is 5.93. The second kappa shape index (κ2) is 8.47. The highest BCUT2D eigenvalue weighted by Gasteiger charge is 2.04. The van der Waals surface area contributed by atoms with Gasteiger partial charge in [0.15, 0.2) is 0 Å². The fraction of sp³-hybridized carbons (Fsp3) is 0.462. The van der Waals surface area contributed by atoms with Crippen molar-refractivity contribution in [1.29, 1.82) is 0 Å². The highest BCUT2D eigenvalue weighted by atomic mass is 16.5. The Morgan fingerprint density at radius 2 is 1.84 bits per heavy atom. The number of primary amides is 1. The van der Waals surface area contributed by atoms with E-state index in [-0.39, 0.29) is 0 Å². The van der Waals surface area contributed by atoms with Crippen molar-refractivity contribution in [3.63, 3.8) is 0 Å². The first-order valence-electron chi connectivity index (χ1n) is 5.97. The summed E-state index contributed by atoms with van der Waals surface area (Å²) in [5, 5.41) is 0. The molecule has 1 aromatic rings. The van der Waals surface area contributed by atoms with E-state index < -0.39 is 5.91 Å². The van der Waals surface area contributed by atoms with Gasteiger partial charge in [-0.1, -0.05) is 6.07 Å². The Labute approximate surface area is 112 Å². The molecule has 0 radical (unpaired) electrons. The van der Waals surface area contributed by atoms with Gasteiger partial charge in [-0.05, 0) is 12.1 Å². The third-order valence-corrected chi connectivity index (χ3v) is 2.49. The van der Waals surface area contributed by atoms with Gasteiger partial charge in [0.05, 0.1) is 33.0 Å². The first-order valence-corrected chi connectivity index (χ1v) is 5.97. The summed E-state index contributed by atoms with van der Waals surface area (Å²) in [6, 6.07) is 4.92. The topological polar surface area (TPSA) is 96.8 Å². The summed E-state index contributed by atoms with van der Waals surface area (Å²) in [5.74, 6) is -0.495. The van der Waals surface area contributed by atoms with Crippen LogP contribution in [0, 0.1) is 0 Å². The zero-order valence-corrected chi connectivity index (χ0v) is 11.1. The highest BCUT2D eigenvalue weighted by Crippen LogP contribution is 2.15. The van der Waals surface area contributed by atoms with Crippen LogP contribution in [-0.2, 0) is 20.8 Å². The molecule has 1 amide bonds. The number of methoxy groups -OCH3 is 1. The van der Waals surface area contributed by atoms with Crippen molar-refractivity contribution in [3.05, 3.63) is 29.3 Å². The van der Waals surface area contributed by atoms with Crippen LogP contribution in [-0.4, -0.2) is 39.4 Å². The quantitative estimate of drug-likeness (QED) is 0.503. The molecule has 0 atom stereocenters. The molecule has 0 aliphatic rings. The zero-order chi connectivity index (χ0) is 14.1. The summed E-state index contributed by atoms with van der Waals surface area (Å²) in [4.78, 5) is 11.0. The summed E-state index contributed by atoms with van der Waals surface area (Å²) in [7, 11) is 1.62. The van der Waals surface area contributed by atoms with Crippen LogP contribution in [0.2, 0.25) is 0 Å². The lowest BCUT2D eigenvalue weighted by atomic mass is 10.1. The fourth-order valence-corrected chi connectivity index (χ4v) is 1.42. The van der Waals surface area contributed by atoms with Gasteiger partial charge in [0.25, 0.3) is 0 Å². The maximum absolute atomic E-state index is 11.0. The Kier molecular flexibility index (Phi) is 6.88. The molecular weight excluding hydrogens is 248 g/mol. The normalized spacial score (nSPS) is 10.6. The lowest BCUT2D eigenvalue weighted by Crippen LogP contribution is -2.12. The number of hydrogen-bond donors (Lipinski definition) is 2. The Hall–Kier alpha value is -1.63. The average Bonchev–Trinajstić information content (AvgIpc) is 2.39. The van der Waals surface area contributed by atoms with E-state index >= 15 is 0 Å². The van der Waals surface area contributed by atoms with Crippen LogP contribution in [0.4, 0.5) is 5.69 Å². The second-order valence-electron chi connectivity index (χ2n) is 3.94. The molecule has 0 aromatic heterocycles. The van der Waals surface area contributed by atoms with E-state index in [4.69, 9.17) is 25.7 Å². The predicted molar refractivity (Wildman–Crippen MR) is 71.7 cm³/mol. The van der Waals surface area contributed by atoms with Gasteiger partial charge in [0.2, 0.25) is 5.91 Å². The zero-order valence-electron chi connectivity index (χ0n) is 11.1. The number of nitrogens with two attached hydrogens (primary N) is 2. The molecule has 0 bridgehead atoms. The van der Waals surface area contributed by atoms with Crippen LogP contribution >= 0.6 is 0 Å². The van der Waals surface area contributed by atoms with Crippen LogP contribution in [0.5, 0.6) is 0 Å². The number of hydrogen-bond acceptors (Lipinski definition) is 5. The van der Waals surface area contributed by atoms with Crippen LogP contribution in [0.1, 0.15) is 15.9 Å². The number of amides is 1. The molecule has 0 saturated heterocycles. The number of carbonyl (C=O) groups is 1. The summed E-state index contributed by atoms with van der Waals surface area (Å²) < 4.78 is 15.5. The van der Waals surface area contributed by atoms with E-state index in [1.807, 2.05) is 0 Å². The molecule has 1 aromatic carbocycles. The van der Waals surface area contributed by atoms with Gasteiger partial charge in [0, 0.05) is 23.9 Å². The van der Waals surface area contributed by atoms with Crippen molar-refractivity contribution in [3.8, 4) is 0 Å². The SMILES string of the molecule is COCCOCCOCc1ccc(C(N)=O)cc1N. The third-order valence-electron chi connectivity index (χ3n) is 2.49. The second-order valence-corrected chi connectivity index (χ2v) is 3.94. The molecule has 0 unspecified atom stereocenters. The molecule has 0 aliphatic heterocycles. The minimum atomic E-state index is -0.495. The Morgan fingerprint density at radius 3 is 2.47 bits per heavy atom. The number of rotatable bonds is 9. The van der Waals surface area contributed by atoms with E-state index in [1.165, 1.54) is 0 Å². The van der Waals surface area contributed by atoms with Gasteiger partial charge in [0.1, 0.15) is 0 Å². The molecule has 19 heavy (non-hydrogen) atoms. The molecule has 6 heteroatoms. The number of ether oxygens (including phenoxy) is 3. The fourth-order valence-electron chi connectivity index (χ4n) is 1.42. The van der Waals surface area contributed by atoms with Gasteiger partial charge in [-0.25, -0.2) is 0 Å². The van der Waals surface area contributed by atoms with Crippen molar-refractivity contribution in [2.45, 2.75) is 6.61 Å². The minimum absolute atomic E-state index is 0.374. The molecule has 0 spiro atoms. The van der Waals surface area contributed by atoms with Crippen molar-refractivity contribution in [2.75, 3.05) is 39.3 Å². The Morgan fingerprint density at radius 1 is 1.16 bits per heavy atom. The van der Waals surface area contributed by atoms with E-state index in [0.29, 0.717) is 44.3 Å². The third kappa shape index (κ3) is 5.69. The van der Waals surface area contributed by atoms with Crippen molar-refractivity contribution in [2.24, 2.45) is 5.73 Å². The summed E-state index contributed by atoms with van der Waals surface area (Å²) >= 11 is 0.